The van der Waals surface area contributed by atoms with Crippen LogP contribution in [-0.4, -0.2) is 42.1 Å². The summed E-state index contributed by atoms with van der Waals surface area (Å²) in [6.45, 7) is 4.29. The highest BCUT2D eigenvalue weighted by atomic mass is 35.5. The first kappa shape index (κ1) is 22.6. The average molecular weight is 487 g/mol. The summed E-state index contributed by atoms with van der Waals surface area (Å²) in [5, 5.41) is 12.9. The Hall–Kier alpha value is -3.54. The molecule has 0 radical (unpaired) electrons. The van der Waals surface area contributed by atoms with Crippen molar-refractivity contribution in [3.05, 3.63) is 64.5 Å². The molecule has 2 aromatic carbocycles. The molecule has 1 N–H and O–H groups in total. The van der Waals surface area contributed by atoms with E-state index >= 15 is 0 Å². The van der Waals surface area contributed by atoms with Gasteiger partial charge in [-0.2, -0.15) is 5.26 Å². The van der Waals surface area contributed by atoms with Crippen molar-refractivity contribution < 1.29 is 18.7 Å². The third-order valence-corrected chi connectivity index (χ3v) is 5.98. The van der Waals surface area contributed by atoms with Gasteiger partial charge in [-0.1, -0.05) is 29.8 Å². The fourth-order valence-corrected chi connectivity index (χ4v) is 3.74. The lowest BCUT2D eigenvalue weighted by Crippen LogP contribution is -2.55. The SMILES string of the molecule is C=CC(=O)N1CC(Oc2cc3c(Nc4ccc(Cl)c(Cl)c4F)c(C#N)cnc3cc2OC)C1. The summed E-state index contributed by atoms with van der Waals surface area (Å²) in [6, 6.07) is 8.26. The van der Waals surface area contributed by atoms with Crippen LogP contribution >= 0.6 is 23.2 Å². The summed E-state index contributed by atoms with van der Waals surface area (Å²) in [4.78, 5) is 17.6. The van der Waals surface area contributed by atoms with E-state index in [0.717, 1.165) is 0 Å². The zero-order chi connectivity index (χ0) is 23.7. The van der Waals surface area contributed by atoms with E-state index in [1.165, 1.54) is 31.5 Å². The third-order valence-electron chi connectivity index (χ3n) is 5.20. The molecule has 1 saturated heterocycles. The third kappa shape index (κ3) is 4.25. The van der Waals surface area contributed by atoms with Gasteiger partial charge < -0.3 is 19.7 Å². The number of carbonyl (C=O) groups is 1. The topological polar surface area (TPSA) is 87.5 Å². The Morgan fingerprint density at radius 2 is 2.12 bits per heavy atom. The highest BCUT2D eigenvalue weighted by Crippen LogP contribution is 2.39. The van der Waals surface area contributed by atoms with Crippen molar-refractivity contribution in [1.82, 2.24) is 9.88 Å². The van der Waals surface area contributed by atoms with E-state index in [9.17, 15) is 14.4 Å². The Bertz CT molecular complexity index is 1320. The molecule has 0 saturated carbocycles. The van der Waals surface area contributed by atoms with E-state index in [2.05, 4.69) is 22.9 Å². The van der Waals surface area contributed by atoms with Gasteiger partial charge in [0.2, 0.25) is 5.91 Å². The van der Waals surface area contributed by atoms with E-state index in [0.29, 0.717) is 41.2 Å². The lowest BCUT2D eigenvalue weighted by atomic mass is 10.1. The number of fused-ring (bicyclic) bond motifs is 1. The van der Waals surface area contributed by atoms with Crippen LogP contribution in [0, 0.1) is 17.1 Å². The number of nitrogens with one attached hydrogen (secondary N) is 1. The van der Waals surface area contributed by atoms with E-state index in [1.54, 1.807) is 17.0 Å². The Morgan fingerprint density at radius 3 is 2.79 bits per heavy atom. The molecule has 2 heterocycles. The predicted octanol–water partition coefficient (Wildman–Crippen LogP) is 5.08. The molecule has 0 aliphatic carbocycles. The molecule has 33 heavy (non-hydrogen) atoms. The fourth-order valence-electron chi connectivity index (χ4n) is 3.43. The van der Waals surface area contributed by atoms with Crippen LogP contribution in [0.2, 0.25) is 10.0 Å². The van der Waals surface area contributed by atoms with Crippen molar-refractivity contribution in [2.75, 3.05) is 25.5 Å². The van der Waals surface area contributed by atoms with Crippen LogP contribution in [0.25, 0.3) is 10.9 Å². The second-order valence-electron chi connectivity index (χ2n) is 7.21. The Balaban J connectivity index is 1.74. The number of nitriles is 1. The molecule has 4 rings (SSSR count). The van der Waals surface area contributed by atoms with Crippen LogP contribution in [0.3, 0.4) is 0 Å². The van der Waals surface area contributed by atoms with Crippen LogP contribution in [0.1, 0.15) is 5.56 Å². The molecule has 0 bridgehead atoms. The van der Waals surface area contributed by atoms with Gasteiger partial charge in [0.25, 0.3) is 0 Å². The van der Waals surface area contributed by atoms with Gasteiger partial charge in [0, 0.05) is 17.6 Å². The highest BCUT2D eigenvalue weighted by molar-refractivity contribution is 6.42. The second kappa shape index (κ2) is 9.14. The van der Waals surface area contributed by atoms with Gasteiger partial charge in [-0.15, -0.1) is 0 Å². The van der Waals surface area contributed by atoms with Crippen LogP contribution < -0.4 is 14.8 Å². The molecule has 0 spiro atoms. The number of anilines is 2. The van der Waals surface area contributed by atoms with Crippen molar-refractivity contribution in [1.29, 1.82) is 5.26 Å². The molecule has 1 amide bonds. The monoisotopic (exact) mass is 486 g/mol. The number of methoxy groups -OCH3 is 1. The van der Waals surface area contributed by atoms with Gasteiger partial charge in [0.1, 0.15) is 12.2 Å². The summed E-state index contributed by atoms with van der Waals surface area (Å²) in [6.07, 6.45) is 2.39. The fraction of sp³-hybridized carbons (Fsp3) is 0.174. The van der Waals surface area contributed by atoms with Crippen LogP contribution in [-0.2, 0) is 4.79 Å². The smallest absolute Gasteiger partial charge is 0.246 e. The van der Waals surface area contributed by atoms with Gasteiger partial charge >= 0.3 is 0 Å². The number of benzene rings is 2. The zero-order valence-corrected chi connectivity index (χ0v) is 18.9. The van der Waals surface area contributed by atoms with Crippen molar-refractivity contribution in [2.24, 2.45) is 0 Å². The molecule has 10 heteroatoms. The molecule has 0 atom stereocenters. The van der Waals surface area contributed by atoms with Gasteiger partial charge in [-0.3, -0.25) is 9.78 Å². The Kier molecular flexibility index (Phi) is 6.27. The lowest BCUT2D eigenvalue weighted by molar-refractivity contribution is -0.134. The maximum absolute atomic E-state index is 14.7. The van der Waals surface area contributed by atoms with Gasteiger partial charge in [-0.25, -0.2) is 4.39 Å². The van der Waals surface area contributed by atoms with E-state index in [-0.39, 0.29) is 33.3 Å². The minimum absolute atomic E-state index is 0.0456. The number of likely N-dealkylation sites (tertiary alicyclic amines) is 1. The predicted molar refractivity (Wildman–Crippen MR) is 124 cm³/mol. The van der Waals surface area contributed by atoms with Crippen molar-refractivity contribution in [3.63, 3.8) is 0 Å². The number of nitrogens with zero attached hydrogens (tertiary/aromatic N) is 3. The quantitative estimate of drug-likeness (QED) is 0.386. The lowest BCUT2D eigenvalue weighted by Gasteiger charge is -2.38. The summed E-state index contributed by atoms with van der Waals surface area (Å²) < 4.78 is 26.2. The highest BCUT2D eigenvalue weighted by Gasteiger charge is 2.32. The summed E-state index contributed by atoms with van der Waals surface area (Å²) in [5.74, 6) is -0.0853. The number of rotatable bonds is 6. The molecule has 3 aromatic rings. The van der Waals surface area contributed by atoms with Crippen molar-refractivity contribution in [3.8, 4) is 17.6 Å². The number of aromatic nitrogens is 1. The summed E-state index contributed by atoms with van der Waals surface area (Å²) >= 11 is 11.8. The van der Waals surface area contributed by atoms with Gasteiger partial charge in [-0.05, 0) is 24.3 Å². The molecule has 1 aromatic heterocycles. The summed E-state index contributed by atoms with van der Waals surface area (Å²) in [7, 11) is 1.50. The second-order valence-corrected chi connectivity index (χ2v) is 8.00. The zero-order valence-electron chi connectivity index (χ0n) is 17.4. The van der Waals surface area contributed by atoms with Gasteiger partial charge in [0.15, 0.2) is 17.3 Å². The van der Waals surface area contributed by atoms with Gasteiger partial charge in [0.05, 0.1) is 52.7 Å². The molecule has 0 unspecified atom stereocenters. The van der Waals surface area contributed by atoms with Crippen LogP contribution in [0.4, 0.5) is 15.8 Å². The number of ether oxygens (including phenoxy) is 2. The van der Waals surface area contributed by atoms with Crippen molar-refractivity contribution in [2.45, 2.75) is 6.10 Å². The molecule has 168 valence electrons. The average Bonchev–Trinajstić information content (AvgIpc) is 2.80. The summed E-state index contributed by atoms with van der Waals surface area (Å²) in [5.41, 5.74) is 1.06. The van der Waals surface area contributed by atoms with Crippen molar-refractivity contribution >= 4 is 51.4 Å². The number of amides is 1. The number of carbonyl (C=O) groups excluding carboxylic acids is 1. The Morgan fingerprint density at radius 1 is 1.36 bits per heavy atom. The molecule has 1 aliphatic heterocycles. The Labute approximate surface area is 198 Å². The molecule has 7 nitrogen and oxygen atoms in total. The molecule has 1 fully saturated rings. The first-order valence-electron chi connectivity index (χ1n) is 9.75. The standard InChI is InChI=1S/C23H17Cl2FN4O3/c1-3-20(31)30-10-13(11-30)33-19-6-14-17(7-18(19)32-2)28-9-12(8-27)23(14)29-16-5-4-15(24)21(25)22(16)26/h3-7,9,13H,1,10-11H2,2H3,(H,28,29). The van der Waals surface area contributed by atoms with Crippen LogP contribution in [0.15, 0.2) is 43.1 Å². The molecular weight excluding hydrogens is 470 g/mol. The van der Waals surface area contributed by atoms with E-state index < -0.39 is 5.82 Å². The number of pyridine rings is 1. The normalized spacial score (nSPS) is 13.2. The maximum Gasteiger partial charge on any atom is 0.246 e. The maximum atomic E-state index is 14.7. The largest absolute Gasteiger partial charge is 0.493 e. The minimum Gasteiger partial charge on any atom is -0.493 e. The van der Waals surface area contributed by atoms with E-state index in [4.69, 9.17) is 32.7 Å². The minimum atomic E-state index is -0.746. The number of halogens is 3. The van der Waals surface area contributed by atoms with Crippen LogP contribution in [0.5, 0.6) is 11.5 Å². The number of hydrogen-bond donors (Lipinski definition) is 1. The van der Waals surface area contributed by atoms with E-state index in [1.807, 2.05) is 0 Å². The first-order valence-corrected chi connectivity index (χ1v) is 10.5. The first-order chi connectivity index (χ1) is 15.9. The number of hydrogen-bond acceptors (Lipinski definition) is 6. The molecule has 1 aliphatic rings. The molecular formula is C23H17Cl2FN4O3.